The molecule has 18 heavy (non-hydrogen) atoms. The summed E-state index contributed by atoms with van der Waals surface area (Å²) in [5, 5.41) is 0. The molecule has 0 saturated heterocycles. The van der Waals surface area contributed by atoms with Crippen LogP contribution in [0.3, 0.4) is 0 Å². The summed E-state index contributed by atoms with van der Waals surface area (Å²) in [7, 11) is 0. The highest BCUT2D eigenvalue weighted by molar-refractivity contribution is 9.09. The summed E-state index contributed by atoms with van der Waals surface area (Å²) < 4.78 is 0. The predicted octanol–water partition coefficient (Wildman–Crippen LogP) is 5.91. The molecule has 1 aromatic carbocycles. The van der Waals surface area contributed by atoms with Crippen molar-refractivity contribution in [1.29, 1.82) is 0 Å². The van der Waals surface area contributed by atoms with E-state index in [1.165, 1.54) is 44.9 Å². The van der Waals surface area contributed by atoms with E-state index in [1.807, 2.05) is 0 Å². The molecule has 0 spiro atoms. The van der Waals surface area contributed by atoms with Crippen molar-refractivity contribution in [2.45, 2.75) is 62.6 Å². The van der Waals surface area contributed by atoms with E-state index in [0.29, 0.717) is 0 Å². The van der Waals surface area contributed by atoms with Gasteiger partial charge >= 0.3 is 0 Å². The zero-order valence-electron chi connectivity index (χ0n) is 11.4. The van der Waals surface area contributed by atoms with Crippen molar-refractivity contribution >= 4 is 15.9 Å². The van der Waals surface area contributed by atoms with E-state index in [1.54, 1.807) is 5.56 Å². The van der Waals surface area contributed by atoms with Gasteiger partial charge in [0.2, 0.25) is 0 Å². The molecule has 0 N–H and O–H groups in total. The molecule has 0 radical (unpaired) electrons. The number of benzene rings is 1. The van der Waals surface area contributed by atoms with Crippen LogP contribution in [0.15, 0.2) is 30.3 Å². The molecule has 0 heterocycles. The first-order valence-corrected chi connectivity index (χ1v) is 8.41. The summed E-state index contributed by atoms with van der Waals surface area (Å²) in [5.74, 6) is 1.68. The topological polar surface area (TPSA) is 0 Å². The van der Waals surface area contributed by atoms with Gasteiger partial charge in [0.25, 0.3) is 0 Å². The summed E-state index contributed by atoms with van der Waals surface area (Å²) in [6.45, 7) is 2.29. The molecule has 1 heteroatoms. The van der Waals surface area contributed by atoms with E-state index in [4.69, 9.17) is 0 Å². The SMILES string of the molecule is CCCCCC1CC(c2ccccc2)CCC1Br. The van der Waals surface area contributed by atoms with E-state index in [0.717, 1.165) is 16.7 Å². The zero-order chi connectivity index (χ0) is 12.8. The fourth-order valence-corrected chi connectivity index (χ4v) is 3.95. The van der Waals surface area contributed by atoms with Crippen LogP contribution in [0, 0.1) is 5.92 Å². The Morgan fingerprint density at radius 3 is 2.61 bits per heavy atom. The van der Waals surface area contributed by atoms with Crippen LogP contribution >= 0.6 is 15.9 Å². The number of alkyl halides is 1. The summed E-state index contributed by atoms with van der Waals surface area (Å²) in [6.07, 6.45) is 9.62. The van der Waals surface area contributed by atoms with Gasteiger partial charge < -0.3 is 0 Å². The highest BCUT2D eigenvalue weighted by Gasteiger charge is 2.28. The fraction of sp³-hybridized carbons (Fsp3) is 0.647. The monoisotopic (exact) mass is 308 g/mol. The van der Waals surface area contributed by atoms with Crippen LogP contribution in [-0.4, -0.2) is 4.83 Å². The molecule has 1 aliphatic carbocycles. The van der Waals surface area contributed by atoms with Crippen LogP contribution in [0.2, 0.25) is 0 Å². The first kappa shape index (κ1) is 14.1. The van der Waals surface area contributed by atoms with Crippen molar-refractivity contribution in [3.63, 3.8) is 0 Å². The second-order valence-corrected chi connectivity index (χ2v) is 6.87. The molecular formula is C17H25Br. The molecule has 3 unspecified atom stereocenters. The third-order valence-electron chi connectivity index (χ3n) is 4.34. The van der Waals surface area contributed by atoms with Crippen molar-refractivity contribution in [3.8, 4) is 0 Å². The summed E-state index contributed by atoms with van der Waals surface area (Å²) in [4.78, 5) is 0.759. The van der Waals surface area contributed by atoms with E-state index >= 15 is 0 Å². The van der Waals surface area contributed by atoms with Gasteiger partial charge in [0.1, 0.15) is 0 Å². The molecule has 1 saturated carbocycles. The molecule has 0 aliphatic heterocycles. The van der Waals surface area contributed by atoms with Gasteiger partial charge in [0.15, 0.2) is 0 Å². The van der Waals surface area contributed by atoms with Gasteiger partial charge in [-0.15, -0.1) is 0 Å². The van der Waals surface area contributed by atoms with Crippen LogP contribution < -0.4 is 0 Å². The molecule has 1 aliphatic rings. The smallest absolute Gasteiger partial charge is 0.0174 e. The summed E-state index contributed by atoms with van der Waals surface area (Å²) in [6, 6.07) is 11.1. The molecule has 100 valence electrons. The van der Waals surface area contributed by atoms with Crippen molar-refractivity contribution in [2.75, 3.05) is 0 Å². The highest BCUT2D eigenvalue weighted by atomic mass is 79.9. The minimum Gasteiger partial charge on any atom is -0.0888 e. The number of rotatable bonds is 5. The Labute approximate surface area is 120 Å². The van der Waals surface area contributed by atoms with E-state index in [-0.39, 0.29) is 0 Å². The van der Waals surface area contributed by atoms with E-state index in [2.05, 4.69) is 53.2 Å². The molecular weight excluding hydrogens is 284 g/mol. The molecule has 0 amide bonds. The fourth-order valence-electron chi connectivity index (χ4n) is 3.21. The maximum Gasteiger partial charge on any atom is 0.0174 e. The molecule has 1 fully saturated rings. The maximum atomic E-state index is 3.91. The van der Waals surface area contributed by atoms with Gasteiger partial charge in [-0.1, -0.05) is 72.4 Å². The number of unbranched alkanes of at least 4 members (excludes halogenated alkanes) is 2. The first-order chi connectivity index (χ1) is 8.81. The Bertz CT molecular complexity index is 333. The Balaban J connectivity index is 1.91. The largest absolute Gasteiger partial charge is 0.0888 e. The second-order valence-electron chi connectivity index (χ2n) is 5.69. The average Bonchev–Trinajstić information content (AvgIpc) is 2.42. The standard InChI is InChI=1S/C17H25Br/c1-2-3-5-10-16-13-15(11-12-17(16)18)14-8-6-4-7-9-14/h4,6-9,15-17H,2-3,5,10-13H2,1H3. The summed E-state index contributed by atoms with van der Waals surface area (Å²) in [5.41, 5.74) is 1.55. The van der Waals surface area contributed by atoms with Crippen LogP contribution in [0.25, 0.3) is 0 Å². The molecule has 1 aromatic rings. The Morgan fingerprint density at radius 2 is 1.89 bits per heavy atom. The first-order valence-electron chi connectivity index (χ1n) is 7.50. The van der Waals surface area contributed by atoms with Crippen molar-refractivity contribution in [3.05, 3.63) is 35.9 Å². The predicted molar refractivity (Wildman–Crippen MR) is 83.4 cm³/mol. The Kier molecular flexibility index (Phi) is 5.75. The quantitative estimate of drug-likeness (QED) is 0.468. The second kappa shape index (κ2) is 7.33. The van der Waals surface area contributed by atoms with Gasteiger partial charge in [0.05, 0.1) is 0 Å². The van der Waals surface area contributed by atoms with Gasteiger partial charge in [-0.05, 0) is 43.1 Å². The van der Waals surface area contributed by atoms with Crippen molar-refractivity contribution in [1.82, 2.24) is 0 Å². The number of hydrogen-bond donors (Lipinski definition) is 0. The van der Waals surface area contributed by atoms with Crippen molar-refractivity contribution < 1.29 is 0 Å². The maximum absolute atomic E-state index is 3.91. The molecule has 2 rings (SSSR count). The number of halogens is 1. The van der Waals surface area contributed by atoms with Crippen molar-refractivity contribution in [2.24, 2.45) is 5.92 Å². The molecule has 3 atom stereocenters. The van der Waals surface area contributed by atoms with Crippen LogP contribution in [0.5, 0.6) is 0 Å². The molecule has 0 nitrogen and oxygen atoms in total. The van der Waals surface area contributed by atoms with E-state index in [9.17, 15) is 0 Å². The Morgan fingerprint density at radius 1 is 1.11 bits per heavy atom. The van der Waals surface area contributed by atoms with Gasteiger partial charge in [-0.25, -0.2) is 0 Å². The minimum absolute atomic E-state index is 0.759. The normalized spacial score (nSPS) is 28.2. The van der Waals surface area contributed by atoms with Gasteiger partial charge in [0, 0.05) is 4.83 Å². The van der Waals surface area contributed by atoms with Crippen LogP contribution in [0.4, 0.5) is 0 Å². The highest BCUT2D eigenvalue weighted by Crippen LogP contribution is 2.41. The zero-order valence-corrected chi connectivity index (χ0v) is 13.0. The third kappa shape index (κ3) is 3.85. The average molecular weight is 309 g/mol. The van der Waals surface area contributed by atoms with Gasteiger partial charge in [-0.2, -0.15) is 0 Å². The summed E-state index contributed by atoms with van der Waals surface area (Å²) >= 11 is 3.91. The Hall–Kier alpha value is -0.300. The molecule has 0 aromatic heterocycles. The van der Waals surface area contributed by atoms with Crippen LogP contribution in [-0.2, 0) is 0 Å². The number of hydrogen-bond acceptors (Lipinski definition) is 0. The lowest BCUT2D eigenvalue weighted by Crippen LogP contribution is -2.24. The lowest BCUT2D eigenvalue weighted by Gasteiger charge is -2.33. The lowest BCUT2D eigenvalue weighted by molar-refractivity contribution is 0.312. The lowest BCUT2D eigenvalue weighted by atomic mass is 9.76. The van der Waals surface area contributed by atoms with E-state index < -0.39 is 0 Å². The van der Waals surface area contributed by atoms with Gasteiger partial charge in [-0.3, -0.25) is 0 Å². The van der Waals surface area contributed by atoms with Crippen LogP contribution in [0.1, 0.15) is 63.4 Å². The third-order valence-corrected chi connectivity index (χ3v) is 5.54. The molecule has 0 bridgehead atoms. The minimum atomic E-state index is 0.759.